The molecule has 1 N–H and O–H groups in total. The van der Waals surface area contributed by atoms with Gasteiger partial charge >= 0.3 is 0 Å². The van der Waals surface area contributed by atoms with Gasteiger partial charge in [-0.05, 0) is 48.4 Å². The first-order valence-corrected chi connectivity index (χ1v) is 8.74. The minimum Gasteiger partial charge on any atom is -0.492 e. The van der Waals surface area contributed by atoms with Gasteiger partial charge in [-0.3, -0.25) is 4.79 Å². The molecular formula is C20H20ClNO4. The predicted octanol–water partition coefficient (Wildman–Crippen LogP) is 3.63. The summed E-state index contributed by atoms with van der Waals surface area (Å²) >= 11 is 6.18. The average Bonchev–Trinajstić information content (AvgIpc) is 2.64. The van der Waals surface area contributed by atoms with E-state index in [1.54, 1.807) is 18.2 Å². The summed E-state index contributed by atoms with van der Waals surface area (Å²) < 4.78 is 16.6. The van der Waals surface area contributed by atoms with E-state index >= 15 is 0 Å². The van der Waals surface area contributed by atoms with Gasteiger partial charge in [0.15, 0.2) is 11.5 Å². The molecule has 136 valence electrons. The number of nitrogens with one attached hydrogen (secondary N) is 1. The molecule has 5 nitrogen and oxygen atoms in total. The number of halogens is 1. The third-order valence-electron chi connectivity index (χ3n) is 3.71. The molecule has 0 fully saturated rings. The van der Waals surface area contributed by atoms with Gasteiger partial charge in [0.1, 0.15) is 25.6 Å². The van der Waals surface area contributed by atoms with Crippen molar-refractivity contribution in [1.29, 1.82) is 0 Å². The van der Waals surface area contributed by atoms with E-state index in [0.717, 1.165) is 16.9 Å². The van der Waals surface area contributed by atoms with Gasteiger partial charge in [0, 0.05) is 6.08 Å². The summed E-state index contributed by atoms with van der Waals surface area (Å²) in [5.74, 6) is 1.73. The van der Waals surface area contributed by atoms with Gasteiger partial charge in [0.05, 0.1) is 11.6 Å². The average molecular weight is 374 g/mol. The molecule has 0 unspecified atom stereocenters. The van der Waals surface area contributed by atoms with Crippen molar-refractivity contribution in [2.75, 3.05) is 26.4 Å². The molecule has 0 saturated heterocycles. The zero-order chi connectivity index (χ0) is 18.4. The maximum atomic E-state index is 11.9. The summed E-state index contributed by atoms with van der Waals surface area (Å²) in [4.78, 5) is 11.9. The number of ether oxygens (including phenoxy) is 3. The van der Waals surface area contributed by atoms with Crippen LogP contribution in [0.25, 0.3) is 6.08 Å². The maximum Gasteiger partial charge on any atom is 0.244 e. The lowest BCUT2D eigenvalue weighted by atomic mass is 10.1. The molecule has 3 rings (SSSR count). The lowest BCUT2D eigenvalue weighted by Crippen LogP contribution is -2.26. The van der Waals surface area contributed by atoms with Crippen LogP contribution in [0, 0.1) is 6.92 Å². The van der Waals surface area contributed by atoms with E-state index < -0.39 is 0 Å². The number of carbonyl (C=O) groups excluding carboxylic acids is 1. The molecule has 1 aliphatic rings. The molecule has 1 aliphatic heterocycles. The zero-order valence-electron chi connectivity index (χ0n) is 14.5. The number of rotatable bonds is 6. The highest BCUT2D eigenvalue weighted by Gasteiger charge is 2.15. The fourth-order valence-corrected chi connectivity index (χ4v) is 2.78. The van der Waals surface area contributed by atoms with E-state index in [2.05, 4.69) is 5.32 Å². The van der Waals surface area contributed by atoms with E-state index in [0.29, 0.717) is 42.9 Å². The number of hydrogen-bond acceptors (Lipinski definition) is 4. The summed E-state index contributed by atoms with van der Waals surface area (Å²) in [5.41, 5.74) is 1.90. The summed E-state index contributed by atoms with van der Waals surface area (Å²) in [6.45, 7) is 3.79. The van der Waals surface area contributed by atoms with Gasteiger partial charge < -0.3 is 19.5 Å². The predicted molar refractivity (Wildman–Crippen MR) is 101 cm³/mol. The Labute approximate surface area is 157 Å². The Morgan fingerprint density at radius 1 is 1.27 bits per heavy atom. The number of benzene rings is 2. The van der Waals surface area contributed by atoms with Crippen LogP contribution in [-0.4, -0.2) is 32.3 Å². The van der Waals surface area contributed by atoms with Crippen LogP contribution in [0.3, 0.4) is 0 Å². The quantitative estimate of drug-likeness (QED) is 0.620. The Morgan fingerprint density at radius 2 is 2.12 bits per heavy atom. The topological polar surface area (TPSA) is 56.8 Å². The smallest absolute Gasteiger partial charge is 0.244 e. The van der Waals surface area contributed by atoms with E-state index in [1.165, 1.54) is 6.08 Å². The summed E-state index contributed by atoms with van der Waals surface area (Å²) in [7, 11) is 0. The summed E-state index contributed by atoms with van der Waals surface area (Å²) in [5, 5.41) is 3.24. The Bertz CT molecular complexity index is 819. The molecule has 0 aliphatic carbocycles. The lowest BCUT2D eigenvalue weighted by molar-refractivity contribution is -0.116. The van der Waals surface area contributed by atoms with E-state index in [-0.39, 0.29) is 5.91 Å². The standard InChI is InChI=1S/C20H20ClNO4/c1-14-3-2-4-16(11-14)24-8-7-22-19(23)6-5-15-12-17(21)20-18(13-15)25-9-10-26-20/h2-6,11-13H,7-10H2,1H3,(H,22,23)/b6-5+. The van der Waals surface area contributed by atoms with Crippen molar-refractivity contribution in [3.8, 4) is 17.2 Å². The maximum absolute atomic E-state index is 11.9. The van der Waals surface area contributed by atoms with Crippen LogP contribution in [0.15, 0.2) is 42.5 Å². The second-order valence-electron chi connectivity index (χ2n) is 5.82. The van der Waals surface area contributed by atoms with Crippen molar-refractivity contribution in [1.82, 2.24) is 5.32 Å². The molecule has 0 spiro atoms. The SMILES string of the molecule is Cc1cccc(OCCNC(=O)/C=C/c2cc(Cl)c3c(c2)OCCO3)c1. The van der Waals surface area contributed by atoms with Crippen LogP contribution in [-0.2, 0) is 4.79 Å². The molecular weight excluding hydrogens is 354 g/mol. The molecule has 0 saturated carbocycles. The third kappa shape index (κ3) is 4.92. The first-order valence-electron chi connectivity index (χ1n) is 8.36. The van der Waals surface area contributed by atoms with Crippen molar-refractivity contribution in [2.45, 2.75) is 6.92 Å². The van der Waals surface area contributed by atoms with E-state index in [4.69, 9.17) is 25.8 Å². The van der Waals surface area contributed by atoms with Gasteiger partial charge in [-0.2, -0.15) is 0 Å². The normalized spacial score (nSPS) is 12.8. The fraction of sp³-hybridized carbons (Fsp3) is 0.250. The van der Waals surface area contributed by atoms with Crippen molar-refractivity contribution in [3.63, 3.8) is 0 Å². The van der Waals surface area contributed by atoms with Crippen LogP contribution >= 0.6 is 11.6 Å². The third-order valence-corrected chi connectivity index (χ3v) is 3.99. The molecule has 0 bridgehead atoms. The summed E-state index contributed by atoms with van der Waals surface area (Å²) in [6, 6.07) is 11.3. The van der Waals surface area contributed by atoms with Gasteiger partial charge in [0.2, 0.25) is 5.91 Å². The van der Waals surface area contributed by atoms with Gasteiger partial charge in [0.25, 0.3) is 0 Å². The Kier molecular flexibility index (Phi) is 6.02. The highest BCUT2D eigenvalue weighted by Crippen LogP contribution is 2.38. The molecule has 2 aromatic rings. The van der Waals surface area contributed by atoms with Crippen molar-refractivity contribution < 1.29 is 19.0 Å². The molecule has 2 aromatic carbocycles. The van der Waals surface area contributed by atoms with E-state index in [9.17, 15) is 4.79 Å². The minimum atomic E-state index is -0.205. The Balaban J connectivity index is 1.48. The highest BCUT2D eigenvalue weighted by atomic mass is 35.5. The zero-order valence-corrected chi connectivity index (χ0v) is 15.2. The van der Waals surface area contributed by atoms with Crippen molar-refractivity contribution in [3.05, 3.63) is 58.6 Å². The van der Waals surface area contributed by atoms with Crippen LogP contribution in [0.4, 0.5) is 0 Å². The fourth-order valence-electron chi connectivity index (χ4n) is 2.51. The Hall–Kier alpha value is -2.66. The lowest BCUT2D eigenvalue weighted by Gasteiger charge is -2.19. The van der Waals surface area contributed by atoms with Crippen molar-refractivity contribution >= 4 is 23.6 Å². The summed E-state index contributed by atoms with van der Waals surface area (Å²) in [6.07, 6.45) is 3.13. The van der Waals surface area contributed by atoms with Crippen molar-refractivity contribution in [2.24, 2.45) is 0 Å². The molecule has 0 atom stereocenters. The minimum absolute atomic E-state index is 0.205. The molecule has 0 aromatic heterocycles. The van der Waals surface area contributed by atoms with E-state index in [1.807, 2.05) is 31.2 Å². The van der Waals surface area contributed by atoms with Gasteiger partial charge in [-0.15, -0.1) is 0 Å². The van der Waals surface area contributed by atoms with Gasteiger partial charge in [-0.1, -0.05) is 23.7 Å². The first-order chi connectivity index (χ1) is 12.6. The highest BCUT2D eigenvalue weighted by molar-refractivity contribution is 6.32. The van der Waals surface area contributed by atoms with Crippen LogP contribution in [0.2, 0.25) is 5.02 Å². The first kappa shape index (κ1) is 18.1. The van der Waals surface area contributed by atoms with Gasteiger partial charge in [-0.25, -0.2) is 0 Å². The molecule has 1 heterocycles. The van der Waals surface area contributed by atoms with Crippen LogP contribution in [0.5, 0.6) is 17.2 Å². The number of hydrogen-bond donors (Lipinski definition) is 1. The monoisotopic (exact) mass is 373 g/mol. The Morgan fingerprint density at radius 3 is 2.96 bits per heavy atom. The van der Waals surface area contributed by atoms with Crippen LogP contribution in [0.1, 0.15) is 11.1 Å². The number of aryl methyl sites for hydroxylation is 1. The molecule has 1 amide bonds. The second-order valence-corrected chi connectivity index (χ2v) is 6.22. The largest absolute Gasteiger partial charge is 0.492 e. The second kappa shape index (κ2) is 8.63. The number of fused-ring (bicyclic) bond motifs is 1. The molecule has 6 heteroatoms. The molecule has 0 radical (unpaired) electrons. The van der Waals surface area contributed by atoms with Crippen LogP contribution < -0.4 is 19.5 Å². The number of amides is 1. The number of carbonyl (C=O) groups is 1. The molecule has 26 heavy (non-hydrogen) atoms.